The van der Waals surface area contributed by atoms with Crippen molar-refractivity contribution in [2.45, 2.75) is 19.0 Å². The van der Waals surface area contributed by atoms with Crippen LogP contribution in [0.3, 0.4) is 0 Å². The lowest BCUT2D eigenvalue weighted by Crippen LogP contribution is -2.25. The van der Waals surface area contributed by atoms with Crippen LogP contribution in [0.2, 0.25) is 0 Å². The molecule has 0 fully saturated rings. The maximum Gasteiger partial charge on any atom is 0.573 e. The molecule has 0 radical (unpaired) electrons. The third kappa shape index (κ3) is 4.17. The Bertz CT molecular complexity index is 573. The largest absolute Gasteiger partial charge is 0.573 e. The first kappa shape index (κ1) is 15.9. The second-order valence-electron chi connectivity index (χ2n) is 3.48. The van der Waals surface area contributed by atoms with Gasteiger partial charge in [0.2, 0.25) is 5.56 Å². The number of alkyl halides is 6. The molecule has 0 saturated carbocycles. The molecule has 0 aliphatic rings. The molecule has 2 N–H and O–H groups in total. The number of ether oxygens (including phenoxy) is 1. The number of aliphatic carboxylic acids is 1. The van der Waals surface area contributed by atoms with E-state index in [1.807, 2.05) is 0 Å². The highest BCUT2D eigenvalue weighted by Crippen LogP contribution is 2.38. The summed E-state index contributed by atoms with van der Waals surface area (Å²) in [5.74, 6) is -3.51. The monoisotopic (exact) mass is 305 g/mol. The molecule has 112 valence electrons. The standard InChI is InChI=1S/C9H5F6NO4/c10-8(11,12)7-6(20-9(13,14)15)3(2-5(18)19)1-4(17)16-7/h1H,2H2,(H,16,17)(H,18,19). The van der Waals surface area contributed by atoms with Gasteiger partial charge in [-0.15, -0.1) is 13.2 Å². The van der Waals surface area contributed by atoms with E-state index >= 15 is 0 Å². The first-order valence-corrected chi connectivity index (χ1v) is 4.71. The van der Waals surface area contributed by atoms with Gasteiger partial charge in [-0.05, 0) is 0 Å². The molecule has 0 bridgehead atoms. The van der Waals surface area contributed by atoms with Gasteiger partial charge in [-0.1, -0.05) is 0 Å². The van der Waals surface area contributed by atoms with E-state index in [9.17, 15) is 35.9 Å². The van der Waals surface area contributed by atoms with Crippen molar-refractivity contribution in [3.63, 3.8) is 0 Å². The molecule has 1 rings (SSSR count). The highest BCUT2D eigenvalue weighted by molar-refractivity contribution is 5.71. The minimum absolute atomic E-state index is 0.296. The lowest BCUT2D eigenvalue weighted by molar-refractivity contribution is -0.276. The smallest absolute Gasteiger partial charge is 0.481 e. The van der Waals surface area contributed by atoms with Gasteiger partial charge < -0.3 is 14.8 Å². The van der Waals surface area contributed by atoms with Crippen LogP contribution in [0.25, 0.3) is 0 Å². The molecule has 1 heterocycles. The average molecular weight is 305 g/mol. The molecule has 0 amide bonds. The summed E-state index contributed by atoms with van der Waals surface area (Å²) < 4.78 is 77.2. The SMILES string of the molecule is O=C(O)Cc1cc(=O)[nH]c(C(F)(F)F)c1OC(F)(F)F. The summed E-state index contributed by atoms with van der Waals surface area (Å²) >= 11 is 0. The van der Waals surface area contributed by atoms with Crippen LogP contribution in [-0.2, 0) is 17.4 Å². The number of carboxylic acids is 1. The molecule has 11 heteroatoms. The number of hydrogen-bond donors (Lipinski definition) is 2. The zero-order valence-corrected chi connectivity index (χ0v) is 9.22. The maximum absolute atomic E-state index is 12.6. The van der Waals surface area contributed by atoms with Gasteiger partial charge in [-0.3, -0.25) is 9.59 Å². The predicted octanol–water partition coefficient (Wildman–Crippen LogP) is 1.92. The second kappa shape index (κ2) is 5.06. The first-order valence-electron chi connectivity index (χ1n) is 4.71. The number of carboxylic acid groups (broad SMARTS) is 1. The average Bonchev–Trinajstić information content (AvgIpc) is 2.17. The number of halogens is 6. The fourth-order valence-electron chi connectivity index (χ4n) is 1.33. The van der Waals surface area contributed by atoms with E-state index in [2.05, 4.69) is 4.74 Å². The summed E-state index contributed by atoms with van der Waals surface area (Å²) in [5, 5.41) is 8.44. The number of rotatable bonds is 3. The molecule has 5 nitrogen and oxygen atoms in total. The summed E-state index contributed by atoms with van der Waals surface area (Å²) in [6.07, 6.45) is -12.1. The first-order chi connectivity index (χ1) is 8.90. The third-order valence-electron chi connectivity index (χ3n) is 1.92. The van der Waals surface area contributed by atoms with E-state index < -0.39 is 47.5 Å². The molecule has 0 unspecified atom stereocenters. The van der Waals surface area contributed by atoms with Gasteiger partial charge in [0, 0.05) is 11.6 Å². The summed E-state index contributed by atoms with van der Waals surface area (Å²) in [4.78, 5) is 22.6. The van der Waals surface area contributed by atoms with Crippen LogP contribution in [0.4, 0.5) is 26.3 Å². The van der Waals surface area contributed by atoms with Gasteiger partial charge in [0.25, 0.3) is 0 Å². The maximum atomic E-state index is 12.6. The van der Waals surface area contributed by atoms with E-state index in [0.717, 1.165) is 4.98 Å². The Labute approximate surface area is 105 Å². The summed E-state index contributed by atoms with van der Waals surface area (Å²) in [6, 6.07) is 0.296. The Morgan fingerprint density at radius 3 is 2.20 bits per heavy atom. The van der Waals surface area contributed by atoms with E-state index in [-0.39, 0.29) is 0 Å². The minimum Gasteiger partial charge on any atom is -0.481 e. The van der Waals surface area contributed by atoms with Crippen LogP contribution in [-0.4, -0.2) is 22.4 Å². The van der Waals surface area contributed by atoms with Gasteiger partial charge in [-0.25, -0.2) is 0 Å². The van der Waals surface area contributed by atoms with E-state index in [1.54, 1.807) is 0 Å². The van der Waals surface area contributed by atoms with Crippen LogP contribution < -0.4 is 10.3 Å². The van der Waals surface area contributed by atoms with Gasteiger partial charge in [0.05, 0.1) is 6.42 Å². The van der Waals surface area contributed by atoms with Gasteiger partial charge >= 0.3 is 18.5 Å². The molecule has 0 aliphatic heterocycles. The minimum atomic E-state index is -5.48. The van der Waals surface area contributed by atoms with Crippen molar-refractivity contribution in [3.05, 3.63) is 27.7 Å². The van der Waals surface area contributed by atoms with Crippen molar-refractivity contribution in [2.24, 2.45) is 0 Å². The van der Waals surface area contributed by atoms with Crippen molar-refractivity contribution < 1.29 is 41.0 Å². The lowest BCUT2D eigenvalue weighted by Gasteiger charge is -2.17. The summed E-state index contributed by atoms with van der Waals surface area (Å²) in [5.41, 5.74) is -4.53. The lowest BCUT2D eigenvalue weighted by atomic mass is 10.1. The number of aromatic amines is 1. The molecular weight excluding hydrogens is 300 g/mol. The molecule has 20 heavy (non-hydrogen) atoms. The number of pyridine rings is 1. The third-order valence-corrected chi connectivity index (χ3v) is 1.92. The van der Waals surface area contributed by atoms with Gasteiger partial charge in [0.15, 0.2) is 11.4 Å². The Kier molecular flexibility index (Phi) is 4.01. The number of hydrogen-bond acceptors (Lipinski definition) is 3. The molecule has 0 saturated heterocycles. The fourth-order valence-corrected chi connectivity index (χ4v) is 1.33. The van der Waals surface area contributed by atoms with Crippen LogP contribution in [0, 0.1) is 0 Å². The zero-order chi connectivity index (χ0) is 15.7. The number of H-pyrrole nitrogens is 1. The van der Waals surface area contributed by atoms with E-state index in [4.69, 9.17) is 5.11 Å². The Balaban J connectivity index is 3.53. The Morgan fingerprint density at radius 1 is 1.25 bits per heavy atom. The molecular formula is C9H5F6NO4. The second-order valence-corrected chi connectivity index (χ2v) is 3.48. The highest BCUT2D eigenvalue weighted by atomic mass is 19.4. The molecule has 1 aromatic rings. The quantitative estimate of drug-likeness (QED) is 0.836. The number of carbonyl (C=O) groups is 1. The van der Waals surface area contributed by atoms with Crippen LogP contribution in [0.15, 0.2) is 10.9 Å². The highest BCUT2D eigenvalue weighted by Gasteiger charge is 2.42. The summed E-state index contributed by atoms with van der Waals surface area (Å²) in [7, 11) is 0. The predicted molar refractivity (Wildman–Crippen MR) is 50.1 cm³/mol. The van der Waals surface area contributed by atoms with Crippen molar-refractivity contribution in [1.82, 2.24) is 4.98 Å². The zero-order valence-electron chi connectivity index (χ0n) is 9.22. The van der Waals surface area contributed by atoms with Crippen LogP contribution in [0.1, 0.15) is 11.3 Å². The molecule has 0 aromatic carbocycles. The Morgan fingerprint density at radius 2 is 1.80 bits per heavy atom. The topological polar surface area (TPSA) is 79.4 Å². The normalized spacial score (nSPS) is 12.3. The van der Waals surface area contributed by atoms with Crippen molar-refractivity contribution in [2.75, 3.05) is 0 Å². The molecule has 0 aliphatic carbocycles. The number of nitrogens with one attached hydrogen (secondary N) is 1. The van der Waals surface area contributed by atoms with Crippen molar-refractivity contribution in [3.8, 4) is 5.75 Å². The Hall–Kier alpha value is -2.20. The molecule has 0 atom stereocenters. The molecule has 0 spiro atoms. The van der Waals surface area contributed by atoms with Crippen LogP contribution >= 0.6 is 0 Å². The van der Waals surface area contributed by atoms with Crippen molar-refractivity contribution in [1.29, 1.82) is 0 Å². The summed E-state index contributed by atoms with van der Waals surface area (Å²) in [6.45, 7) is 0. The van der Waals surface area contributed by atoms with Gasteiger partial charge in [0.1, 0.15) is 0 Å². The molecule has 1 aromatic heterocycles. The van der Waals surface area contributed by atoms with Crippen LogP contribution in [0.5, 0.6) is 5.75 Å². The van der Waals surface area contributed by atoms with E-state index in [1.165, 1.54) is 0 Å². The number of aromatic nitrogens is 1. The van der Waals surface area contributed by atoms with Gasteiger partial charge in [-0.2, -0.15) is 13.2 Å². The van der Waals surface area contributed by atoms with E-state index in [0.29, 0.717) is 6.07 Å². The fraction of sp³-hybridized carbons (Fsp3) is 0.333. The van der Waals surface area contributed by atoms with Crippen molar-refractivity contribution >= 4 is 5.97 Å².